The lowest BCUT2D eigenvalue weighted by molar-refractivity contribution is -0.167. The van der Waals surface area contributed by atoms with Gasteiger partial charge in [-0.3, -0.25) is 0 Å². The highest BCUT2D eigenvalue weighted by molar-refractivity contribution is 5.77. The largest absolute Gasteiger partial charge is 0.479 e. The van der Waals surface area contributed by atoms with Gasteiger partial charge in [0.2, 0.25) is 0 Å². The van der Waals surface area contributed by atoms with E-state index in [1.54, 1.807) is 0 Å². The maximum atomic E-state index is 9.95. The van der Waals surface area contributed by atoms with Crippen LogP contribution in [0, 0.1) is 0 Å². The van der Waals surface area contributed by atoms with E-state index in [0.29, 0.717) is 0 Å². The van der Waals surface area contributed by atoms with Crippen molar-refractivity contribution in [3.05, 3.63) is 0 Å². The van der Waals surface area contributed by atoms with Gasteiger partial charge in [-0.1, -0.05) is 0 Å². The van der Waals surface area contributed by atoms with Crippen molar-refractivity contribution in [2.75, 3.05) is 0 Å². The van der Waals surface area contributed by atoms with Crippen LogP contribution < -0.4 is 0 Å². The molecule has 0 aliphatic heterocycles. The Bertz CT molecular complexity index is 168. The monoisotopic (exact) mass is 180 g/mol. The fourth-order valence-electron chi connectivity index (χ4n) is 0.465. The summed E-state index contributed by atoms with van der Waals surface area (Å²) < 4.78 is 0. The predicted octanol–water partition coefficient (Wildman–Crippen LogP) is -2.76. The summed E-state index contributed by atoms with van der Waals surface area (Å²) in [4.78, 5) is 19.9. The maximum Gasteiger partial charge on any atom is 0.335 e. The highest BCUT2D eigenvalue weighted by Crippen LogP contribution is 2.00. The first-order valence-electron chi connectivity index (χ1n) is 2.87. The second kappa shape index (κ2) is 4.00. The van der Waals surface area contributed by atoms with E-state index in [-0.39, 0.29) is 0 Å². The molecule has 0 aliphatic carbocycles. The molecule has 0 saturated carbocycles. The average Bonchev–Trinajstić information content (AvgIpc) is 2.00. The van der Waals surface area contributed by atoms with Crippen LogP contribution in [0.25, 0.3) is 0 Å². The van der Waals surface area contributed by atoms with Crippen molar-refractivity contribution in [2.45, 2.75) is 18.3 Å². The van der Waals surface area contributed by atoms with Crippen molar-refractivity contribution in [2.24, 2.45) is 0 Å². The Morgan fingerprint density at radius 2 is 1.08 bits per heavy atom. The van der Waals surface area contributed by atoms with E-state index in [1.807, 2.05) is 0 Å². The van der Waals surface area contributed by atoms with Gasteiger partial charge in [-0.25, -0.2) is 9.59 Å². The Kier molecular flexibility index (Phi) is 3.61. The Hall–Kier alpha value is -1.18. The van der Waals surface area contributed by atoms with Gasteiger partial charge in [0.15, 0.2) is 12.2 Å². The zero-order valence-corrected chi connectivity index (χ0v) is 5.78. The van der Waals surface area contributed by atoms with Crippen molar-refractivity contribution >= 4 is 11.9 Å². The lowest BCUT2D eigenvalue weighted by Crippen LogP contribution is -2.45. The topological polar surface area (TPSA) is 135 Å². The fourth-order valence-corrected chi connectivity index (χ4v) is 0.465. The number of rotatable bonds is 4. The molecule has 0 heterocycles. The smallest absolute Gasteiger partial charge is 0.335 e. The molecular formula is C5H8O7. The summed E-state index contributed by atoms with van der Waals surface area (Å²) in [6.07, 6.45) is -6.85. The van der Waals surface area contributed by atoms with Crippen LogP contribution >= 0.6 is 0 Å². The Balaban J connectivity index is 4.28. The molecule has 0 aromatic carbocycles. The predicted molar refractivity (Wildman–Crippen MR) is 33.3 cm³/mol. The second-order valence-electron chi connectivity index (χ2n) is 2.06. The minimum Gasteiger partial charge on any atom is -0.479 e. The van der Waals surface area contributed by atoms with Gasteiger partial charge in [-0.05, 0) is 0 Å². The summed E-state index contributed by atoms with van der Waals surface area (Å²) in [7, 11) is 0. The lowest BCUT2D eigenvalue weighted by atomic mass is 10.1. The van der Waals surface area contributed by atoms with Crippen LogP contribution in [0.2, 0.25) is 0 Å². The van der Waals surface area contributed by atoms with E-state index >= 15 is 0 Å². The number of carboxylic acid groups (broad SMARTS) is 2. The number of carboxylic acids is 2. The molecule has 7 heteroatoms. The van der Waals surface area contributed by atoms with Crippen LogP contribution in [-0.4, -0.2) is 55.8 Å². The highest BCUT2D eigenvalue weighted by atomic mass is 16.4. The average molecular weight is 180 g/mol. The molecule has 0 aromatic rings. The summed E-state index contributed by atoms with van der Waals surface area (Å²) in [5.74, 6) is -3.61. The first kappa shape index (κ1) is 10.8. The molecule has 12 heavy (non-hydrogen) atoms. The van der Waals surface area contributed by atoms with E-state index in [2.05, 4.69) is 0 Å². The normalized spacial score (nSPS) is 17.9. The molecule has 0 radical (unpaired) electrons. The van der Waals surface area contributed by atoms with Gasteiger partial charge in [0.25, 0.3) is 0 Å². The summed E-state index contributed by atoms with van der Waals surface area (Å²) in [5, 5.41) is 41.9. The molecule has 0 aliphatic rings. The van der Waals surface area contributed by atoms with E-state index in [1.165, 1.54) is 0 Å². The molecule has 0 unspecified atom stereocenters. The Labute approximate surface area is 66.5 Å². The molecular weight excluding hydrogens is 172 g/mol. The van der Waals surface area contributed by atoms with Crippen LogP contribution in [0.4, 0.5) is 0 Å². The molecule has 0 rings (SSSR count). The third-order valence-corrected chi connectivity index (χ3v) is 1.15. The lowest BCUT2D eigenvalue weighted by Gasteiger charge is -2.16. The van der Waals surface area contributed by atoms with Crippen LogP contribution in [0.15, 0.2) is 0 Å². The minimum absolute atomic E-state index is 1.80. The van der Waals surface area contributed by atoms with Gasteiger partial charge in [-0.2, -0.15) is 0 Å². The van der Waals surface area contributed by atoms with Gasteiger partial charge in [0, 0.05) is 0 Å². The third kappa shape index (κ3) is 2.46. The zero-order chi connectivity index (χ0) is 9.89. The van der Waals surface area contributed by atoms with Crippen LogP contribution in [-0.2, 0) is 9.59 Å². The van der Waals surface area contributed by atoms with Crippen molar-refractivity contribution in [1.82, 2.24) is 0 Å². The summed E-state index contributed by atoms with van der Waals surface area (Å²) >= 11 is 0. The highest BCUT2D eigenvalue weighted by Gasteiger charge is 2.34. The maximum absolute atomic E-state index is 9.95. The van der Waals surface area contributed by atoms with Gasteiger partial charge in [-0.15, -0.1) is 0 Å². The van der Waals surface area contributed by atoms with E-state index in [0.717, 1.165) is 0 Å². The molecule has 0 amide bonds. The summed E-state index contributed by atoms with van der Waals surface area (Å²) in [6, 6.07) is 0. The fraction of sp³-hybridized carbons (Fsp3) is 0.600. The second-order valence-corrected chi connectivity index (χ2v) is 2.06. The molecule has 5 N–H and O–H groups in total. The molecule has 0 aromatic heterocycles. The molecule has 0 spiro atoms. The van der Waals surface area contributed by atoms with Crippen LogP contribution in [0.1, 0.15) is 0 Å². The molecule has 7 nitrogen and oxygen atoms in total. The number of hydrogen-bond donors (Lipinski definition) is 5. The summed E-state index contributed by atoms with van der Waals surface area (Å²) in [6.45, 7) is 0. The van der Waals surface area contributed by atoms with Crippen molar-refractivity contribution in [1.29, 1.82) is 0 Å². The molecule has 3 atom stereocenters. The minimum atomic E-state index is -2.31. The van der Waals surface area contributed by atoms with Gasteiger partial charge in [0.1, 0.15) is 6.10 Å². The van der Waals surface area contributed by atoms with Crippen LogP contribution in [0.3, 0.4) is 0 Å². The molecule has 0 bridgehead atoms. The number of hydrogen-bond acceptors (Lipinski definition) is 5. The summed E-state index contributed by atoms with van der Waals surface area (Å²) in [5.41, 5.74) is 0. The number of aliphatic hydroxyl groups is 3. The number of aliphatic hydroxyl groups excluding tert-OH is 3. The number of carbonyl (C=O) groups is 2. The molecule has 70 valence electrons. The Morgan fingerprint density at radius 3 is 1.25 bits per heavy atom. The molecule has 0 saturated heterocycles. The van der Waals surface area contributed by atoms with E-state index in [9.17, 15) is 9.59 Å². The first-order valence-corrected chi connectivity index (χ1v) is 2.87. The van der Waals surface area contributed by atoms with Crippen molar-refractivity contribution in [3.63, 3.8) is 0 Å². The molecule has 0 fully saturated rings. The number of aliphatic carboxylic acids is 2. The van der Waals surface area contributed by atoms with Crippen LogP contribution in [0.5, 0.6) is 0 Å². The van der Waals surface area contributed by atoms with Gasteiger partial charge < -0.3 is 25.5 Å². The van der Waals surface area contributed by atoms with E-state index in [4.69, 9.17) is 25.5 Å². The van der Waals surface area contributed by atoms with Gasteiger partial charge in [0.05, 0.1) is 0 Å². The quantitative estimate of drug-likeness (QED) is 0.316. The van der Waals surface area contributed by atoms with Crippen molar-refractivity contribution in [3.8, 4) is 0 Å². The Morgan fingerprint density at radius 1 is 0.833 bits per heavy atom. The third-order valence-electron chi connectivity index (χ3n) is 1.15. The van der Waals surface area contributed by atoms with Gasteiger partial charge >= 0.3 is 11.9 Å². The SMILES string of the molecule is O=C(O)[C@@H](O)[C@@H](O)[C@@H](O)C(=O)O. The first-order chi connectivity index (χ1) is 5.37. The standard InChI is InChI=1S/C5H8O7/c6-1(2(7)4(9)10)3(8)5(11)12/h1-3,6-8H,(H,9,10)(H,11,12)/t1-,2+,3-. The zero-order valence-electron chi connectivity index (χ0n) is 5.78. The van der Waals surface area contributed by atoms with Crippen molar-refractivity contribution < 1.29 is 35.1 Å². The van der Waals surface area contributed by atoms with E-state index < -0.39 is 30.3 Å².